The van der Waals surface area contributed by atoms with E-state index in [4.69, 9.17) is 20.9 Å². The lowest BCUT2D eigenvalue weighted by Crippen LogP contribution is -2.04. The number of aromatic nitrogens is 2. The van der Waals surface area contributed by atoms with E-state index in [9.17, 15) is 5.11 Å². The van der Waals surface area contributed by atoms with E-state index in [-0.39, 0.29) is 11.7 Å². The van der Waals surface area contributed by atoms with Gasteiger partial charge in [-0.05, 0) is 29.3 Å². The average Bonchev–Trinajstić information content (AvgIpc) is 2.69. The molecule has 0 saturated carbocycles. The van der Waals surface area contributed by atoms with Crippen LogP contribution in [0.5, 0.6) is 17.2 Å². The van der Waals surface area contributed by atoms with Crippen molar-refractivity contribution in [3.05, 3.63) is 59.8 Å². The van der Waals surface area contributed by atoms with Gasteiger partial charge >= 0.3 is 0 Å². The number of phenols is 1. The standard InChI is InChI=1S/C21H22N4O3/c1-4-13-6-5-7-16(26)18(13)15-9-12(10-17(27-2)19(15)28-3)8-14-11-24-21(23)25-20(14)22/h4-7,9-11,26H,1,8H2,2-3H3,(H4,22,23,24,25). The third kappa shape index (κ3) is 3.55. The second kappa shape index (κ2) is 7.87. The van der Waals surface area contributed by atoms with Gasteiger partial charge in [-0.1, -0.05) is 24.8 Å². The van der Waals surface area contributed by atoms with Gasteiger partial charge in [-0.15, -0.1) is 0 Å². The van der Waals surface area contributed by atoms with Crippen LogP contribution in [0.1, 0.15) is 16.7 Å². The number of hydrogen-bond donors (Lipinski definition) is 3. The van der Waals surface area contributed by atoms with Crippen LogP contribution in [0, 0.1) is 0 Å². The van der Waals surface area contributed by atoms with Crippen molar-refractivity contribution in [2.24, 2.45) is 0 Å². The molecular formula is C21H22N4O3. The monoisotopic (exact) mass is 378 g/mol. The molecule has 1 heterocycles. The zero-order chi connectivity index (χ0) is 20.3. The molecule has 0 aliphatic heterocycles. The maximum absolute atomic E-state index is 10.5. The highest BCUT2D eigenvalue weighted by atomic mass is 16.5. The number of rotatable bonds is 6. The minimum Gasteiger partial charge on any atom is -0.507 e. The summed E-state index contributed by atoms with van der Waals surface area (Å²) in [6, 6.07) is 9.01. The molecule has 0 radical (unpaired) electrons. The van der Waals surface area contributed by atoms with E-state index in [1.165, 1.54) is 0 Å². The molecular weight excluding hydrogens is 356 g/mol. The van der Waals surface area contributed by atoms with E-state index in [1.807, 2.05) is 18.2 Å². The van der Waals surface area contributed by atoms with Crippen LogP contribution in [0.25, 0.3) is 17.2 Å². The fraction of sp³-hybridized carbons (Fsp3) is 0.143. The molecule has 0 spiro atoms. The van der Waals surface area contributed by atoms with Gasteiger partial charge in [0.05, 0.1) is 14.2 Å². The third-order valence-electron chi connectivity index (χ3n) is 4.41. The number of nitrogens with two attached hydrogens (primary N) is 2. The van der Waals surface area contributed by atoms with Crippen molar-refractivity contribution in [1.82, 2.24) is 9.97 Å². The van der Waals surface area contributed by atoms with Gasteiger partial charge in [0.2, 0.25) is 5.95 Å². The van der Waals surface area contributed by atoms with Gasteiger partial charge in [-0.25, -0.2) is 4.98 Å². The summed E-state index contributed by atoms with van der Waals surface area (Å²) in [6.07, 6.45) is 3.74. The van der Waals surface area contributed by atoms with Crippen molar-refractivity contribution in [1.29, 1.82) is 0 Å². The lowest BCUT2D eigenvalue weighted by atomic mass is 9.94. The lowest BCUT2D eigenvalue weighted by Gasteiger charge is -2.18. The summed E-state index contributed by atoms with van der Waals surface area (Å²) in [5, 5.41) is 10.5. The van der Waals surface area contributed by atoms with E-state index in [0.717, 1.165) is 16.7 Å². The number of nitrogens with zero attached hydrogens (tertiary/aromatic N) is 2. The van der Waals surface area contributed by atoms with Crippen LogP contribution >= 0.6 is 0 Å². The minimum absolute atomic E-state index is 0.116. The summed E-state index contributed by atoms with van der Waals surface area (Å²) in [5.41, 5.74) is 15.2. The molecule has 2 aromatic carbocycles. The lowest BCUT2D eigenvalue weighted by molar-refractivity contribution is 0.355. The van der Waals surface area contributed by atoms with E-state index < -0.39 is 0 Å². The Morgan fingerprint density at radius 3 is 2.61 bits per heavy atom. The number of aromatic hydroxyl groups is 1. The second-order valence-corrected chi connectivity index (χ2v) is 6.14. The Labute approximate surface area is 163 Å². The van der Waals surface area contributed by atoms with E-state index >= 15 is 0 Å². The number of methoxy groups -OCH3 is 2. The predicted molar refractivity (Wildman–Crippen MR) is 110 cm³/mol. The number of hydrogen-bond acceptors (Lipinski definition) is 7. The molecule has 144 valence electrons. The van der Waals surface area contributed by atoms with Gasteiger partial charge in [-0.3, -0.25) is 0 Å². The van der Waals surface area contributed by atoms with Crippen molar-refractivity contribution in [3.63, 3.8) is 0 Å². The van der Waals surface area contributed by atoms with E-state index in [1.54, 1.807) is 38.6 Å². The van der Waals surface area contributed by atoms with Crippen molar-refractivity contribution in [2.75, 3.05) is 25.7 Å². The van der Waals surface area contributed by atoms with Gasteiger partial charge < -0.3 is 26.0 Å². The van der Waals surface area contributed by atoms with Gasteiger partial charge in [0.1, 0.15) is 11.6 Å². The highest BCUT2D eigenvalue weighted by Crippen LogP contribution is 2.44. The molecule has 3 aromatic rings. The zero-order valence-corrected chi connectivity index (χ0v) is 15.8. The van der Waals surface area contributed by atoms with Crippen LogP contribution in [0.3, 0.4) is 0 Å². The van der Waals surface area contributed by atoms with Crippen LogP contribution in [-0.2, 0) is 6.42 Å². The number of ether oxygens (including phenoxy) is 2. The normalized spacial score (nSPS) is 10.5. The molecule has 0 aliphatic rings. The van der Waals surface area contributed by atoms with E-state index in [2.05, 4.69) is 16.5 Å². The highest BCUT2D eigenvalue weighted by molar-refractivity contribution is 5.85. The summed E-state index contributed by atoms with van der Waals surface area (Å²) in [6.45, 7) is 3.84. The van der Waals surface area contributed by atoms with Crippen LogP contribution in [0.2, 0.25) is 0 Å². The fourth-order valence-corrected chi connectivity index (χ4v) is 3.12. The predicted octanol–water partition coefficient (Wildman–Crippen LogP) is 3.26. The molecule has 5 N–H and O–H groups in total. The zero-order valence-electron chi connectivity index (χ0n) is 15.8. The topological polar surface area (TPSA) is 117 Å². The Balaban J connectivity index is 2.20. The molecule has 0 bridgehead atoms. The fourth-order valence-electron chi connectivity index (χ4n) is 3.12. The molecule has 0 aliphatic carbocycles. The molecule has 1 aromatic heterocycles. The van der Waals surface area contributed by atoms with Crippen molar-refractivity contribution in [3.8, 4) is 28.4 Å². The Morgan fingerprint density at radius 1 is 1.18 bits per heavy atom. The maximum atomic E-state index is 10.5. The van der Waals surface area contributed by atoms with Gasteiger partial charge in [-0.2, -0.15) is 4.98 Å². The van der Waals surface area contributed by atoms with Gasteiger partial charge in [0.15, 0.2) is 11.5 Å². The first-order valence-corrected chi connectivity index (χ1v) is 8.55. The third-order valence-corrected chi connectivity index (χ3v) is 4.41. The molecule has 28 heavy (non-hydrogen) atoms. The summed E-state index contributed by atoms with van der Waals surface area (Å²) in [4.78, 5) is 8.02. The van der Waals surface area contributed by atoms with Crippen LogP contribution in [0.4, 0.5) is 11.8 Å². The Bertz CT molecular complexity index is 1030. The second-order valence-electron chi connectivity index (χ2n) is 6.14. The molecule has 0 atom stereocenters. The Morgan fingerprint density at radius 2 is 1.96 bits per heavy atom. The van der Waals surface area contributed by atoms with Crippen molar-refractivity contribution < 1.29 is 14.6 Å². The molecule has 0 fully saturated rings. The Hall–Kier alpha value is -3.74. The Kier molecular flexibility index (Phi) is 5.35. The number of benzene rings is 2. The first-order chi connectivity index (χ1) is 13.5. The summed E-state index contributed by atoms with van der Waals surface area (Å²) < 4.78 is 11.1. The molecule has 0 unspecified atom stereocenters. The van der Waals surface area contributed by atoms with Crippen LogP contribution in [-0.4, -0.2) is 29.3 Å². The smallest absolute Gasteiger partial charge is 0.221 e. The van der Waals surface area contributed by atoms with Crippen molar-refractivity contribution >= 4 is 17.8 Å². The van der Waals surface area contributed by atoms with Crippen LogP contribution in [0.15, 0.2) is 43.1 Å². The minimum atomic E-state index is 0.116. The number of nitrogen functional groups attached to an aromatic ring is 2. The van der Waals surface area contributed by atoms with Gasteiger partial charge in [0, 0.05) is 29.3 Å². The highest BCUT2D eigenvalue weighted by Gasteiger charge is 2.19. The molecule has 7 heteroatoms. The molecule has 7 nitrogen and oxygen atoms in total. The molecule has 3 rings (SSSR count). The largest absolute Gasteiger partial charge is 0.507 e. The number of phenolic OH excluding ortho intramolecular Hbond substituents is 1. The molecule has 0 saturated heterocycles. The molecule has 0 amide bonds. The van der Waals surface area contributed by atoms with E-state index in [0.29, 0.717) is 34.9 Å². The van der Waals surface area contributed by atoms with Crippen molar-refractivity contribution in [2.45, 2.75) is 6.42 Å². The first kappa shape index (κ1) is 19.0. The summed E-state index contributed by atoms with van der Waals surface area (Å²) >= 11 is 0. The average molecular weight is 378 g/mol. The van der Waals surface area contributed by atoms with Gasteiger partial charge in [0.25, 0.3) is 0 Å². The quantitative estimate of drug-likeness (QED) is 0.603. The number of anilines is 2. The van der Waals surface area contributed by atoms with Crippen LogP contribution < -0.4 is 20.9 Å². The summed E-state index contributed by atoms with van der Waals surface area (Å²) in [7, 11) is 3.12. The maximum Gasteiger partial charge on any atom is 0.221 e. The summed E-state index contributed by atoms with van der Waals surface area (Å²) in [5.74, 6) is 1.60. The SMILES string of the molecule is C=Cc1cccc(O)c1-c1cc(Cc2cnc(N)nc2N)cc(OC)c1OC. The first-order valence-electron chi connectivity index (χ1n) is 8.55.